The summed E-state index contributed by atoms with van der Waals surface area (Å²) in [6, 6.07) is 14.2. The van der Waals surface area contributed by atoms with Gasteiger partial charge in [-0.25, -0.2) is 9.07 Å². The first-order valence-corrected chi connectivity index (χ1v) is 10.7. The van der Waals surface area contributed by atoms with Crippen LogP contribution in [0.5, 0.6) is 5.75 Å². The zero-order valence-corrected chi connectivity index (χ0v) is 18.0. The normalized spacial score (nSPS) is 15.8. The number of likely N-dealkylation sites (N-methyl/N-ethyl adjacent to an activating group) is 1. The van der Waals surface area contributed by atoms with Gasteiger partial charge in [0.1, 0.15) is 5.75 Å². The summed E-state index contributed by atoms with van der Waals surface area (Å²) in [6.07, 6.45) is 2.23. The maximum absolute atomic E-state index is 6.55. The van der Waals surface area contributed by atoms with Crippen molar-refractivity contribution in [2.24, 2.45) is 0 Å². The molecule has 0 unspecified atom stereocenters. The molecule has 3 aromatic rings. The van der Waals surface area contributed by atoms with Crippen molar-refractivity contribution >= 4 is 22.8 Å². The number of nitrogens with zero attached hydrogens (tertiary/aromatic N) is 4. The molecule has 0 atom stereocenters. The highest BCUT2D eigenvalue weighted by atomic mass is 35.5. The number of unbranched alkanes of at least 4 members (excludes halogenated alkanes) is 1. The van der Waals surface area contributed by atoms with Crippen LogP contribution in [0, 0.1) is 6.92 Å². The zero-order valence-electron chi connectivity index (χ0n) is 17.3. The van der Waals surface area contributed by atoms with Crippen LogP contribution in [0.25, 0.3) is 22.4 Å². The molecule has 1 saturated heterocycles. The van der Waals surface area contributed by atoms with Crippen molar-refractivity contribution in [3.63, 3.8) is 0 Å². The maximum Gasteiger partial charge on any atom is 0.156 e. The first kappa shape index (κ1) is 20.2. The molecule has 154 valence electrons. The van der Waals surface area contributed by atoms with Crippen molar-refractivity contribution in [1.82, 2.24) is 18.9 Å². The van der Waals surface area contributed by atoms with Gasteiger partial charge in [-0.15, -0.1) is 0 Å². The summed E-state index contributed by atoms with van der Waals surface area (Å²) in [4.78, 5) is 9.64. The van der Waals surface area contributed by atoms with Gasteiger partial charge in [0, 0.05) is 43.5 Å². The Bertz CT molecular complexity index is 963. The fourth-order valence-corrected chi connectivity index (χ4v) is 4.03. The smallest absolute Gasteiger partial charge is 0.156 e. The monoisotopic (exact) mass is 412 g/mol. The number of rotatable bonds is 7. The molecule has 2 aromatic carbocycles. The van der Waals surface area contributed by atoms with E-state index >= 15 is 0 Å². The van der Waals surface area contributed by atoms with E-state index in [0.29, 0.717) is 0 Å². The average Bonchev–Trinajstić information content (AvgIpc) is 3.05. The third-order valence-corrected chi connectivity index (χ3v) is 5.92. The summed E-state index contributed by atoms with van der Waals surface area (Å²) in [6.45, 7) is 8.65. The summed E-state index contributed by atoms with van der Waals surface area (Å²) >= 11 is 6.55. The van der Waals surface area contributed by atoms with E-state index in [2.05, 4.69) is 35.9 Å². The molecule has 6 heteroatoms. The molecule has 0 N–H and O–H groups in total. The second kappa shape index (κ2) is 9.16. The molecule has 1 fully saturated rings. The predicted octanol–water partition coefficient (Wildman–Crippen LogP) is 4.42. The fraction of sp³-hybridized carbons (Fsp3) is 0.435. The van der Waals surface area contributed by atoms with Gasteiger partial charge in [-0.3, -0.25) is 0 Å². The molecular weight excluding hydrogens is 384 g/mol. The molecule has 0 saturated carbocycles. The van der Waals surface area contributed by atoms with Gasteiger partial charge in [0.05, 0.1) is 17.6 Å². The topological polar surface area (TPSA) is 33.5 Å². The molecule has 5 nitrogen and oxygen atoms in total. The van der Waals surface area contributed by atoms with Crippen LogP contribution in [0.1, 0.15) is 18.4 Å². The number of ether oxygens (including phenoxy) is 1. The Labute approximate surface area is 178 Å². The summed E-state index contributed by atoms with van der Waals surface area (Å²) in [7, 11) is 2.19. The minimum absolute atomic E-state index is 0.730. The van der Waals surface area contributed by atoms with E-state index < -0.39 is 0 Å². The van der Waals surface area contributed by atoms with E-state index in [-0.39, 0.29) is 0 Å². The molecule has 1 aliphatic rings. The molecule has 2 heterocycles. The Kier molecular flexibility index (Phi) is 6.38. The lowest BCUT2D eigenvalue weighted by Gasteiger charge is -2.32. The molecule has 29 heavy (non-hydrogen) atoms. The molecule has 1 aliphatic heterocycles. The Morgan fingerprint density at radius 2 is 1.86 bits per heavy atom. The van der Waals surface area contributed by atoms with Gasteiger partial charge in [-0.05, 0) is 63.2 Å². The van der Waals surface area contributed by atoms with E-state index in [1.807, 2.05) is 30.3 Å². The first-order valence-electron chi connectivity index (χ1n) is 10.4. The molecule has 0 bridgehead atoms. The van der Waals surface area contributed by atoms with Crippen molar-refractivity contribution in [2.75, 3.05) is 46.4 Å². The van der Waals surface area contributed by atoms with Crippen LogP contribution in [-0.2, 0) is 0 Å². The fourth-order valence-electron chi connectivity index (χ4n) is 3.76. The van der Waals surface area contributed by atoms with Crippen molar-refractivity contribution in [2.45, 2.75) is 19.8 Å². The zero-order chi connectivity index (χ0) is 20.2. The van der Waals surface area contributed by atoms with Gasteiger partial charge < -0.3 is 14.5 Å². The van der Waals surface area contributed by atoms with Crippen LogP contribution in [-0.4, -0.2) is 65.2 Å². The van der Waals surface area contributed by atoms with Gasteiger partial charge >= 0.3 is 0 Å². The number of aromatic nitrogens is 2. The van der Waals surface area contributed by atoms with E-state index in [4.69, 9.17) is 21.5 Å². The van der Waals surface area contributed by atoms with Gasteiger partial charge in [0.15, 0.2) is 5.82 Å². The molecular formula is C23H29ClN4O. The molecule has 0 radical (unpaired) electrons. The number of fused-ring (bicyclic) bond motifs is 1. The van der Waals surface area contributed by atoms with Crippen molar-refractivity contribution in [3.05, 3.63) is 48.0 Å². The van der Waals surface area contributed by atoms with Crippen molar-refractivity contribution < 1.29 is 4.74 Å². The van der Waals surface area contributed by atoms with E-state index in [1.54, 1.807) is 4.09 Å². The highest BCUT2D eigenvalue weighted by Crippen LogP contribution is 2.28. The number of hydrogen-bond acceptors (Lipinski definition) is 4. The molecule has 4 rings (SSSR count). The number of piperazine rings is 1. The quantitative estimate of drug-likeness (QED) is 0.538. The highest BCUT2D eigenvalue weighted by molar-refractivity contribution is 6.20. The molecule has 0 spiro atoms. The SMILES string of the molecule is Cc1ccc2nc(-c3cccc(OCCCCN4CCN(C)CC4)c3)n(Cl)c2c1. The largest absolute Gasteiger partial charge is 0.494 e. The van der Waals surface area contributed by atoms with Crippen molar-refractivity contribution in [3.8, 4) is 17.1 Å². The first-order chi connectivity index (χ1) is 14.1. The highest BCUT2D eigenvalue weighted by Gasteiger charge is 2.14. The third-order valence-electron chi connectivity index (χ3n) is 5.58. The Morgan fingerprint density at radius 3 is 2.69 bits per heavy atom. The number of aryl methyl sites for hydroxylation is 1. The van der Waals surface area contributed by atoms with Gasteiger partial charge in [-0.2, -0.15) is 0 Å². The van der Waals surface area contributed by atoms with E-state index in [1.165, 1.54) is 38.2 Å². The maximum atomic E-state index is 6.55. The van der Waals surface area contributed by atoms with Crippen LogP contribution < -0.4 is 4.74 Å². The lowest BCUT2D eigenvalue weighted by atomic mass is 10.2. The van der Waals surface area contributed by atoms with Gasteiger partial charge in [0.25, 0.3) is 0 Å². The Balaban J connectivity index is 1.33. The van der Waals surface area contributed by atoms with Crippen LogP contribution in [0.15, 0.2) is 42.5 Å². The number of hydrogen-bond donors (Lipinski definition) is 0. The second-order valence-electron chi connectivity index (χ2n) is 7.94. The average molecular weight is 413 g/mol. The second-order valence-corrected chi connectivity index (χ2v) is 8.27. The van der Waals surface area contributed by atoms with E-state index in [0.717, 1.165) is 47.7 Å². The van der Waals surface area contributed by atoms with Crippen LogP contribution in [0.4, 0.5) is 0 Å². The Morgan fingerprint density at radius 1 is 1.03 bits per heavy atom. The lowest BCUT2D eigenvalue weighted by molar-refractivity contribution is 0.150. The summed E-state index contributed by atoms with van der Waals surface area (Å²) in [5.41, 5.74) is 3.95. The summed E-state index contributed by atoms with van der Waals surface area (Å²) in [5, 5.41) is 0. The van der Waals surface area contributed by atoms with Crippen LogP contribution in [0.3, 0.4) is 0 Å². The number of imidazole rings is 1. The predicted molar refractivity (Wildman–Crippen MR) is 120 cm³/mol. The number of benzene rings is 2. The number of halogens is 1. The van der Waals surface area contributed by atoms with Gasteiger partial charge in [0.2, 0.25) is 0 Å². The van der Waals surface area contributed by atoms with Crippen LogP contribution in [0.2, 0.25) is 0 Å². The van der Waals surface area contributed by atoms with Crippen molar-refractivity contribution in [1.29, 1.82) is 0 Å². The third kappa shape index (κ3) is 4.92. The Hall–Kier alpha value is -2.08. The standard InChI is InChI=1S/C23H29ClN4O/c1-18-8-9-21-22(16-18)28(24)23(25-21)19-6-5-7-20(17-19)29-15-4-3-10-27-13-11-26(2)12-14-27/h5-9,16-17H,3-4,10-15H2,1-2H3. The molecule has 0 aliphatic carbocycles. The van der Waals surface area contributed by atoms with Crippen LogP contribution >= 0.6 is 11.8 Å². The molecule has 0 amide bonds. The van der Waals surface area contributed by atoms with Gasteiger partial charge in [-0.1, -0.05) is 18.2 Å². The summed E-state index contributed by atoms with van der Waals surface area (Å²) < 4.78 is 7.64. The minimum Gasteiger partial charge on any atom is -0.494 e. The molecule has 1 aromatic heterocycles. The summed E-state index contributed by atoms with van der Waals surface area (Å²) in [5.74, 6) is 1.61. The lowest BCUT2D eigenvalue weighted by Crippen LogP contribution is -2.44. The minimum atomic E-state index is 0.730. The van der Waals surface area contributed by atoms with E-state index in [9.17, 15) is 0 Å².